The highest BCUT2D eigenvalue weighted by molar-refractivity contribution is 6.08. The van der Waals surface area contributed by atoms with Crippen molar-refractivity contribution in [3.05, 3.63) is 101 Å². The number of phenols is 1. The number of phenolic OH excluding ortho intramolecular Hbond substituents is 1. The number of hydrogen-bond acceptors (Lipinski definition) is 7. The second kappa shape index (κ2) is 11.5. The Morgan fingerprint density at radius 3 is 2.37 bits per heavy atom. The number of hydrogen-bond donors (Lipinski definition) is 1. The van der Waals surface area contributed by atoms with Gasteiger partial charge in [0.2, 0.25) is 0 Å². The maximum absolute atomic E-state index is 12.5. The van der Waals surface area contributed by atoms with Crippen LogP contribution in [0.25, 0.3) is 10.8 Å². The molecule has 0 amide bonds. The van der Waals surface area contributed by atoms with E-state index in [0.29, 0.717) is 53.0 Å². The Labute approximate surface area is 239 Å². The van der Waals surface area contributed by atoms with E-state index >= 15 is 0 Å². The summed E-state index contributed by atoms with van der Waals surface area (Å²) < 4.78 is 30.9. The number of aromatic hydroxyl groups is 1. The molecule has 7 heteroatoms. The zero-order chi connectivity index (χ0) is 28.5. The van der Waals surface area contributed by atoms with Crippen molar-refractivity contribution in [2.24, 2.45) is 5.92 Å². The molecule has 3 heterocycles. The number of rotatable bonds is 8. The fourth-order valence-electron chi connectivity index (χ4n) is 6.24. The van der Waals surface area contributed by atoms with Gasteiger partial charge in [0.25, 0.3) is 0 Å². The van der Waals surface area contributed by atoms with Crippen LogP contribution in [0.5, 0.6) is 17.2 Å². The fourth-order valence-corrected chi connectivity index (χ4v) is 6.24. The lowest BCUT2D eigenvalue weighted by atomic mass is 9.80. The Balaban J connectivity index is 1.43. The minimum atomic E-state index is -0.481. The molecule has 3 fully saturated rings. The lowest BCUT2D eigenvalue weighted by Crippen LogP contribution is -2.41. The Morgan fingerprint density at radius 1 is 0.951 bits per heavy atom. The van der Waals surface area contributed by atoms with Gasteiger partial charge in [0.05, 0.1) is 56.7 Å². The number of methoxy groups -OCH3 is 2. The Morgan fingerprint density at radius 2 is 1.68 bits per heavy atom. The highest BCUT2D eigenvalue weighted by Crippen LogP contribution is 2.53. The van der Waals surface area contributed by atoms with Gasteiger partial charge in [-0.05, 0) is 36.6 Å². The summed E-state index contributed by atoms with van der Waals surface area (Å²) in [5, 5.41) is 12.9. The predicted octanol–water partition coefficient (Wildman–Crippen LogP) is 6.57. The van der Waals surface area contributed by atoms with Crippen LogP contribution >= 0.6 is 0 Å². The molecule has 0 saturated carbocycles. The van der Waals surface area contributed by atoms with E-state index in [1.54, 1.807) is 13.2 Å². The van der Waals surface area contributed by atoms with Crippen molar-refractivity contribution in [3.8, 4) is 17.2 Å². The number of ether oxygens (including phenoxy) is 5. The zero-order valence-electron chi connectivity index (χ0n) is 23.4. The van der Waals surface area contributed by atoms with E-state index in [1.165, 1.54) is 14.0 Å². The van der Waals surface area contributed by atoms with E-state index in [2.05, 4.69) is 12.1 Å². The summed E-state index contributed by atoms with van der Waals surface area (Å²) in [6.45, 7) is 2.31. The number of fused-ring (bicyclic) bond motifs is 5. The lowest BCUT2D eigenvalue weighted by Gasteiger charge is -2.40. The molecule has 212 valence electrons. The van der Waals surface area contributed by atoms with Crippen LogP contribution in [0.3, 0.4) is 0 Å². The molecular formula is C34H34O7. The minimum absolute atomic E-state index is 0.00636. The van der Waals surface area contributed by atoms with Crippen LogP contribution in [0.1, 0.15) is 52.6 Å². The summed E-state index contributed by atoms with van der Waals surface area (Å²) in [6.07, 6.45) is -0.555. The first-order valence-electron chi connectivity index (χ1n) is 13.9. The van der Waals surface area contributed by atoms with Crippen molar-refractivity contribution in [2.45, 2.75) is 44.4 Å². The van der Waals surface area contributed by atoms with Gasteiger partial charge in [0.15, 0.2) is 5.78 Å². The van der Waals surface area contributed by atoms with E-state index in [4.69, 9.17) is 23.7 Å². The third-order valence-electron chi connectivity index (χ3n) is 8.22. The second-order valence-corrected chi connectivity index (χ2v) is 10.6. The van der Waals surface area contributed by atoms with Gasteiger partial charge in [0, 0.05) is 16.9 Å². The van der Waals surface area contributed by atoms with Crippen LogP contribution < -0.4 is 9.47 Å². The highest BCUT2D eigenvalue weighted by atomic mass is 16.6. The maximum atomic E-state index is 12.5. The van der Waals surface area contributed by atoms with Crippen molar-refractivity contribution in [3.63, 3.8) is 0 Å². The van der Waals surface area contributed by atoms with Crippen LogP contribution in [0, 0.1) is 5.92 Å². The second-order valence-electron chi connectivity index (χ2n) is 10.6. The number of carbonyl (C=O) groups excluding carboxylic acids is 1. The largest absolute Gasteiger partial charge is 0.507 e. The summed E-state index contributed by atoms with van der Waals surface area (Å²) in [5.74, 6) is 0.464. The third kappa shape index (κ3) is 5.05. The number of ketones is 1. The molecule has 2 bridgehead atoms. The van der Waals surface area contributed by atoms with E-state index in [9.17, 15) is 9.90 Å². The summed E-state index contributed by atoms with van der Waals surface area (Å²) >= 11 is 0. The van der Waals surface area contributed by atoms with Crippen molar-refractivity contribution in [2.75, 3.05) is 20.8 Å². The lowest BCUT2D eigenvalue weighted by molar-refractivity contribution is -0.159. The van der Waals surface area contributed by atoms with Gasteiger partial charge in [-0.3, -0.25) is 4.79 Å². The molecule has 3 aliphatic heterocycles. The number of Topliss-reactive ketones (excluding diaryl/α,β-unsaturated/α-hetero) is 1. The molecule has 0 radical (unpaired) electrons. The molecule has 41 heavy (non-hydrogen) atoms. The van der Waals surface area contributed by atoms with Crippen LogP contribution in [-0.2, 0) is 20.8 Å². The van der Waals surface area contributed by atoms with Crippen LogP contribution in [0.2, 0.25) is 0 Å². The van der Waals surface area contributed by atoms with Crippen molar-refractivity contribution < 1.29 is 33.6 Å². The summed E-state index contributed by atoms with van der Waals surface area (Å²) in [4.78, 5) is 12.5. The topological polar surface area (TPSA) is 83.5 Å². The minimum Gasteiger partial charge on any atom is -0.507 e. The number of benzene rings is 4. The first-order valence-corrected chi connectivity index (χ1v) is 13.9. The zero-order valence-corrected chi connectivity index (χ0v) is 23.4. The SMILES string of the molecule is COc1cc(C(C)=O)c(OC)c2c(O)c([C@H]3O[C@@H]4CO[C@@H](c5ccccc5)[C@H]3C[C@@H]4OCc3ccccc3)ccc12. The first kappa shape index (κ1) is 27.3. The molecule has 3 saturated heterocycles. The first-order chi connectivity index (χ1) is 20.0. The molecule has 4 aromatic carbocycles. The van der Waals surface area contributed by atoms with Crippen LogP contribution in [-0.4, -0.2) is 43.9 Å². The van der Waals surface area contributed by atoms with Gasteiger partial charge < -0.3 is 28.8 Å². The normalized spacial score (nSPS) is 23.7. The van der Waals surface area contributed by atoms with E-state index < -0.39 is 6.10 Å². The molecule has 0 aromatic heterocycles. The van der Waals surface area contributed by atoms with Gasteiger partial charge in [-0.15, -0.1) is 0 Å². The smallest absolute Gasteiger partial charge is 0.163 e. The van der Waals surface area contributed by atoms with Gasteiger partial charge in [0.1, 0.15) is 23.4 Å². The monoisotopic (exact) mass is 554 g/mol. The van der Waals surface area contributed by atoms with Crippen LogP contribution in [0.15, 0.2) is 78.9 Å². The molecule has 0 unspecified atom stereocenters. The molecule has 0 spiro atoms. The van der Waals surface area contributed by atoms with Crippen molar-refractivity contribution in [1.29, 1.82) is 0 Å². The fraction of sp³-hybridized carbons (Fsp3) is 0.324. The third-order valence-corrected chi connectivity index (χ3v) is 8.22. The summed E-state index contributed by atoms with van der Waals surface area (Å²) in [7, 11) is 3.04. The molecule has 3 aliphatic rings. The summed E-state index contributed by atoms with van der Waals surface area (Å²) in [5.41, 5.74) is 3.10. The quantitative estimate of drug-likeness (QED) is 0.247. The van der Waals surface area contributed by atoms with Crippen LogP contribution in [0.4, 0.5) is 0 Å². The molecule has 1 N–H and O–H groups in total. The standard InChI is InChI=1S/C34H34O7/c1-20(35)25-16-27(37-2)23-14-15-24(31(36)30(23)34(25)38-3)33-26-17-28(39-18-21-10-6-4-7-11-21)29(41-33)19-40-32(26)22-12-8-5-9-13-22/h4-16,26,28-29,32-33,36H,17-19H2,1-3H3/t26-,28+,29-,32+,33-/m1/s1. The maximum Gasteiger partial charge on any atom is 0.163 e. The molecule has 0 aliphatic carbocycles. The van der Waals surface area contributed by atoms with Gasteiger partial charge in [-0.25, -0.2) is 0 Å². The molecule has 4 aromatic rings. The highest BCUT2D eigenvalue weighted by Gasteiger charge is 2.48. The van der Waals surface area contributed by atoms with E-state index in [1.807, 2.05) is 60.7 Å². The molecule has 7 nitrogen and oxygen atoms in total. The Kier molecular flexibility index (Phi) is 7.67. The van der Waals surface area contributed by atoms with Gasteiger partial charge in [-0.2, -0.15) is 0 Å². The van der Waals surface area contributed by atoms with E-state index in [-0.39, 0.29) is 35.8 Å². The summed E-state index contributed by atoms with van der Waals surface area (Å²) in [6, 6.07) is 25.6. The van der Waals surface area contributed by atoms with Gasteiger partial charge in [-0.1, -0.05) is 66.7 Å². The average molecular weight is 555 g/mol. The van der Waals surface area contributed by atoms with Crippen molar-refractivity contribution in [1.82, 2.24) is 0 Å². The average Bonchev–Trinajstić information content (AvgIpc) is 3.30. The molecule has 7 rings (SSSR count). The molecule has 5 atom stereocenters. The van der Waals surface area contributed by atoms with Crippen molar-refractivity contribution >= 4 is 16.6 Å². The Bertz CT molecular complexity index is 1540. The van der Waals surface area contributed by atoms with Gasteiger partial charge >= 0.3 is 0 Å². The molecular weight excluding hydrogens is 520 g/mol. The predicted molar refractivity (Wildman–Crippen MR) is 155 cm³/mol. The number of carbonyl (C=O) groups is 1. The van der Waals surface area contributed by atoms with E-state index in [0.717, 1.165) is 11.1 Å². The Hall–Kier alpha value is -3.91.